The van der Waals surface area contributed by atoms with E-state index in [1.807, 2.05) is 12.4 Å². The van der Waals surface area contributed by atoms with Crippen LogP contribution >= 0.6 is 0 Å². The maximum atomic E-state index is 3.37. The summed E-state index contributed by atoms with van der Waals surface area (Å²) in [5, 5.41) is 3.72. The highest BCUT2D eigenvalue weighted by Gasteiger charge is 2.25. The van der Waals surface area contributed by atoms with Crippen molar-refractivity contribution in [2.24, 2.45) is 0 Å². The van der Waals surface area contributed by atoms with E-state index in [-0.39, 0.29) is 0 Å². The molecular formula is C12H18N2Si2. The lowest BCUT2D eigenvalue weighted by molar-refractivity contribution is 1.25. The fourth-order valence-electron chi connectivity index (χ4n) is 1.94. The van der Waals surface area contributed by atoms with Crippen molar-refractivity contribution >= 4 is 28.2 Å². The largest absolute Gasteiger partial charge is 0.369 e. The Morgan fingerprint density at radius 2 is 1.38 bits per heavy atom. The number of aromatic nitrogens is 2. The van der Waals surface area contributed by atoms with E-state index in [1.165, 1.54) is 10.6 Å². The van der Waals surface area contributed by atoms with Crippen molar-refractivity contribution in [3.8, 4) is 0 Å². The second kappa shape index (κ2) is 4.88. The summed E-state index contributed by atoms with van der Waals surface area (Å²) < 4.78 is 0. The fourth-order valence-corrected chi connectivity index (χ4v) is 7.75. The number of nitrogens with one attached hydrogen (secondary N) is 2. The number of H-pyrrole nitrogens is 2. The second-order valence-electron chi connectivity index (χ2n) is 4.26. The van der Waals surface area contributed by atoms with Crippen molar-refractivity contribution in [2.75, 3.05) is 0 Å². The Morgan fingerprint density at radius 1 is 0.938 bits per heavy atom. The van der Waals surface area contributed by atoms with Gasteiger partial charge in [-0.15, -0.1) is 0 Å². The molecule has 2 aromatic rings. The van der Waals surface area contributed by atoms with Crippen molar-refractivity contribution in [1.82, 2.24) is 9.97 Å². The van der Waals surface area contributed by atoms with Crippen LogP contribution in [0.5, 0.6) is 0 Å². The minimum Gasteiger partial charge on any atom is -0.369 e. The molecule has 2 N–H and O–H groups in total. The first-order valence-corrected chi connectivity index (χ1v) is 9.80. The first-order chi connectivity index (χ1) is 7.70. The normalized spacial score (nSPS) is 11.9. The molecule has 2 heterocycles. The number of aromatic amines is 2. The molecule has 2 nitrogen and oxygen atoms in total. The third-order valence-electron chi connectivity index (χ3n) is 3.34. The minimum atomic E-state index is -0.456. The molecule has 4 heteroatoms. The van der Waals surface area contributed by atoms with E-state index in [0.29, 0.717) is 0 Å². The third kappa shape index (κ3) is 2.22. The molecule has 0 fully saturated rings. The minimum absolute atomic E-state index is 0.456. The smallest absolute Gasteiger partial charge is 0.105 e. The van der Waals surface area contributed by atoms with Gasteiger partial charge in [0, 0.05) is 12.4 Å². The van der Waals surface area contributed by atoms with Gasteiger partial charge in [-0.2, -0.15) is 0 Å². The van der Waals surface area contributed by atoms with Crippen LogP contribution in [0.15, 0.2) is 36.7 Å². The molecule has 0 saturated heterocycles. The van der Waals surface area contributed by atoms with Crippen molar-refractivity contribution in [3.63, 3.8) is 0 Å². The zero-order chi connectivity index (χ0) is 11.5. The molecule has 0 atom stereocenters. The van der Waals surface area contributed by atoms with Crippen LogP contribution < -0.4 is 10.6 Å². The van der Waals surface area contributed by atoms with Crippen LogP contribution in [0.2, 0.25) is 18.3 Å². The van der Waals surface area contributed by atoms with Gasteiger partial charge in [0.15, 0.2) is 0 Å². The monoisotopic (exact) mass is 246 g/mol. The summed E-state index contributed by atoms with van der Waals surface area (Å²) in [5.41, 5.74) is 0. The van der Waals surface area contributed by atoms with Gasteiger partial charge in [-0.1, -0.05) is 20.0 Å². The van der Waals surface area contributed by atoms with Gasteiger partial charge in [-0.25, -0.2) is 0 Å². The number of rotatable bonds is 4. The zero-order valence-corrected chi connectivity index (χ0v) is 12.0. The lowest BCUT2D eigenvalue weighted by Gasteiger charge is -2.22. The van der Waals surface area contributed by atoms with Crippen LogP contribution in [0.1, 0.15) is 6.92 Å². The van der Waals surface area contributed by atoms with Gasteiger partial charge in [-0.3, -0.25) is 0 Å². The molecule has 0 aliphatic carbocycles. The number of hydrogen-bond acceptors (Lipinski definition) is 0. The van der Waals surface area contributed by atoms with E-state index in [4.69, 9.17) is 0 Å². The molecule has 0 aliphatic heterocycles. The maximum Gasteiger partial charge on any atom is 0.105 e. The molecule has 0 amide bonds. The molecule has 0 unspecified atom stereocenters. The molecule has 84 valence electrons. The summed E-state index contributed by atoms with van der Waals surface area (Å²) >= 11 is 0. The molecule has 2 aromatic heterocycles. The highest BCUT2D eigenvalue weighted by molar-refractivity contribution is 6.90. The highest BCUT2D eigenvalue weighted by Crippen LogP contribution is 2.13. The summed E-state index contributed by atoms with van der Waals surface area (Å²) in [6, 6.07) is 8.67. The second-order valence-corrected chi connectivity index (χ2v) is 10.4. The molecule has 0 aliphatic rings. The SMILES string of the molecule is CC([Si](C)c1ccc[nH]1)[Si](C)c1ccc[nH]1. The molecule has 0 aromatic carbocycles. The van der Waals surface area contributed by atoms with E-state index < -0.39 is 17.6 Å². The summed E-state index contributed by atoms with van der Waals surface area (Å²) in [5.74, 6) is 0. The summed E-state index contributed by atoms with van der Waals surface area (Å²) in [6.07, 6.45) is 4.07. The van der Waals surface area contributed by atoms with Crippen molar-refractivity contribution < 1.29 is 0 Å². The molecule has 0 bridgehead atoms. The van der Waals surface area contributed by atoms with E-state index >= 15 is 0 Å². The predicted molar refractivity (Wildman–Crippen MR) is 73.5 cm³/mol. The Labute approximate surface area is 100 Å². The van der Waals surface area contributed by atoms with E-state index in [1.54, 1.807) is 0 Å². The van der Waals surface area contributed by atoms with E-state index in [2.05, 4.69) is 54.3 Å². The van der Waals surface area contributed by atoms with Crippen LogP contribution in [0.4, 0.5) is 0 Å². The zero-order valence-electron chi connectivity index (χ0n) is 10.0. The van der Waals surface area contributed by atoms with Crippen LogP contribution in [0.3, 0.4) is 0 Å². The lowest BCUT2D eigenvalue weighted by atomic mass is 10.7. The van der Waals surface area contributed by atoms with Gasteiger partial charge >= 0.3 is 0 Å². The number of hydrogen-bond donors (Lipinski definition) is 2. The topological polar surface area (TPSA) is 31.6 Å². The Morgan fingerprint density at radius 3 is 1.69 bits per heavy atom. The van der Waals surface area contributed by atoms with Gasteiger partial charge < -0.3 is 9.97 Å². The Balaban J connectivity index is 2.10. The van der Waals surface area contributed by atoms with Crippen LogP contribution in [-0.2, 0) is 0 Å². The van der Waals surface area contributed by atoms with Gasteiger partial charge in [0.1, 0.15) is 17.6 Å². The van der Waals surface area contributed by atoms with E-state index in [0.717, 1.165) is 5.16 Å². The van der Waals surface area contributed by atoms with Gasteiger partial charge in [-0.05, 0) is 40.1 Å². The Kier molecular flexibility index (Phi) is 3.50. The average Bonchev–Trinajstić information content (AvgIpc) is 2.97. The third-order valence-corrected chi connectivity index (χ3v) is 10.9. The maximum absolute atomic E-state index is 3.37. The summed E-state index contributed by atoms with van der Waals surface area (Å²) in [6.45, 7) is 7.24. The Hall–Kier alpha value is -1.01. The van der Waals surface area contributed by atoms with Crippen molar-refractivity contribution in [2.45, 2.75) is 25.2 Å². The Bertz CT molecular complexity index is 368. The van der Waals surface area contributed by atoms with Crippen molar-refractivity contribution in [3.05, 3.63) is 36.7 Å². The molecule has 16 heavy (non-hydrogen) atoms. The van der Waals surface area contributed by atoms with Crippen LogP contribution in [0, 0.1) is 0 Å². The molecule has 0 spiro atoms. The lowest BCUT2D eigenvalue weighted by Crippen LogP contribution is -2.43. The quantitative estimate of drug-likeness (QED) is 0.769. The average molecular weight is 246 g/mol. The van der Waals surface area contributed by atoms with Crippen LogP contribution in [-0.4, -0.2) is 27.6 Å². The molecular weight excluding hydrogens is 228 g/mol. The first-order valence-electron chi connectivity index (χ1n) is 5.64. The molecule has 2 rings (SSSR count). The standard InChI is InChI=1S/C12H18N2Si2/c1-10(15(2)11-6-4-8-13-11)16(3)12-7-5-9-14-12/h4-10,13-14H,1-3H3. The first kappa shape index (κ1) is 11.5. The van der Waals surface area contributed by atoms with Gasteiger partial charge in [0.2, 0.25) is 0 Å². The van der Waals surface area contributed by atoms with Gasteiger partial charge in [0.25, 0.3) is 0 Å². The van der Waals surface area contributed by atoms with Crippen molar-refractivity contribution in [1.29, 1.82) is 0 Å². The predicted octanol–water partition coefficient (Wildman–Crippen LogP) is 1.64. The molecule has 2 radical (unpaired) electrons. The summed E-state index contributed by atoms with van der Waals surface area (Å²) in [4.78, 5) is 6.74. The summed E-state index contributed by atoms with van der Waals surface area (Å²) in [7, 11) is -0.913. The highest BCUT2D eigenvalue weighted by atomic mass is 28.3. The molecule has 0 saturated carbocycles. The van der Waals surface area contributed by atoms with E-state index in [9.17, 15) is 0 Å². The van der Waals surface area contributed by atoms with Gasteiger partial charge in [0.05, 0.1) is 0 Å². The fraction of sp³-hybridized carbons (Fsp3) is 0.333. The van der Waals surface area contributed by atoms with Crippen LogP contribution in [0.25, 0.3) is 0 Å².